The highest BCUT2D eigenvalue weighted by Crippen LogP contribution is 2.33. The molecule has 36 heavy (non-hydrogen) atoms. The summed E-state index contributed by atoms with van der Waals surface area (Å²) in [6.07, 6.45) is 6.46. The number of hydrogen-bond acceptors (Lipinski definition) is 6. The second kappa shape index (κ2) is 9.95. The molecule has 3 fully saturated rings. The van der Waals surface area contributed by atoms with Gasteiger partial charge in [0, 0.05) is 67.4 Å². The minimum Gasteiger partial charge on any atom is -0.361 e. The number of benzene rings is 1. The van der Waals surface area contributed by atoms with Crippen molar-refractivity contribution < 1.29 is 19.1 Å². The van der Waals surface area contributed by atoms with Crippen LogP contribution >= 0.6 is 11.3 Å². The summed E-state index contributed by atoms with van der Waals surface area (Å²) in [6, 6.07) is 8.09. The zero-order chi connectivity index (χ0) is 24.5. The van der Waals surface area contributed by atoms with Crippen molar-refractivity contribution in [1.29, 1.82) is 0 Å². The van der Waals surface area contributed by atoms with E-state index in [1.807, 2.05) is 39.6 Å². The van der Waals surface area contributed by atoms with Gasteiger partial charge in [-0.3, -0.25) is 9.59 Å². The SMILES string of the molecule is O=C(Cc1c[nH]c2ccccc12)N1CCC(c2nc(C(=O)N3CCC4(CC3)OCCCO4)cs2)CC1. The first-order valence-electron chi connectivity index (χ1n) is 13.0. The fourth-order valence-corrected chi connectivity index (χ4v) is 6.59. The lowest BCUT2D eigenvalue weighted by Gasteiger charge is -2.43. The molecule has 2 aromatic heterocycles. The molecule has 1 N–H and O–H groups in total. The number of hydrogen-bond donors (Lipinski definition) is 1. The van der Waals surface area contributed by atoms with Gasteiger partial charge in [-0.25, -0.2) is 4.98 Å². The van der Waals surface area contributed by atoms with Gasteiger partial charge in [0.1, 0.15) is 5.69 Å². The van der Waals surface area contributed by atoms with E-state index in [1.54, 1.807) is 11.3 Å². The average Bonchev–Trinajstić information content (AvgIpc) is 3.58. The van der Waals surface area contributed by atoms with E-state index in [2.05, 4.69) is 11.1 Å². The molecule has 3 aliphatic rings. The number of aromatic nitrogens is 2. The number of fused-ring (bicyclic) bond motifs is 1. The lowest BCUT2D eigenvalue weighted by atomic mass is 9.97. The predicted octanol–water partition coefficient (Wildman–Crippen LogP) is 3.94. The third-order valence-corrected chi connectivity index (χ3v) is 8.79. The van der Waals surface area contributed by atoms with Crippen molar-refractivity contribution in [3.8, 4) is 0 Å². The summed E-state index contributed by atoms with van der Waals surface area (Å²) in [4.78, 5) is 37.9. The first-order valence-corrected chi connectivity index (χ1v) is 13.8. The topological polar surface area (TPSA) is 87.8 Å². The summed E-state index contributed by atoms with van der Waals surface area (Å²) in [5.41, 5.74) is 2.65. The van der Waals surface area contributed by atoms with Crippen molar-refractivity contribution in [2.75, 3.05) is 39.4 Å². The summed E-state index contributed by atoms with van der Waals surface area (Å²) in [7, 11) is 0. The van der Waals surface area contributed by atoms with Gasteiger partial charge in [-0.1, -0.05) is 18.2 Å². The number of thiazole rings is 1. The van der Waals surface area contributed by atoms with Crippen LogP contribution in [0.25, 0.3) is 10.9 Å². The predicted molar refractivity (Wildman–Crippen MR) is 137 cm³/mol. The third-order valence-electron chi connectivity index (χ3n) is 7.79. The fourth-order valence-electron chi connectivity index (χ4n) is 5.62. The summed E-state index contributed by atoms with van der Waals surface area (Å²) in [5.74, 6) is -0.0409. The maximum Gasteiger partial charge on any atom is 0.273 e. The van der Waals surface area contributed by atoms with E-state index in [4.69, 9.17) is 14.5 Å². The first kappa shape index (κ1) is 23.6. The molecular weight excluding hydrogens is 476 g/mol. The Bertz CT molecular complexity index is 1230. The Morgan fingerprint density at radius 2 is 1.81 bits per heavy atom. The lowest BCUT2D eigenvalue weighted by Crippen LogP contribution is -2.51. The van der Waals surface area contributed by atoms with Crippen LogP contribution in [-0.2, 0) is 20.7 Å². The van der Waals surface area contributed by atoms with E-state index in [1.165, 1.54) is 0 Å². The van der Waals surface area contributed by atoms with Crippen LogP contribution in [-0.4, -0.2) is 76.8 Å². The number of ether oxygens (including phenoxy) is 2. The van der Waals surface area contributed by atoms with Crippen molar-refractivity contribution in [2.45, 2.75) is 50.2 Å². The van der Waals surface area contributed by atoms with Crippen LogP contribution in [0.3, 0.4) is 0 Å². The highest BCUT2D eigenvalue weighted by atomic mass is 32.1. The summed E-state index contributed by atoms with van der Waals surface area (Å²) in [5, 5.41) is 4.02. The van der Waals surface area contributed by atoms with Gasteiger partial charge in [-0.2, -0.15) is 0 Å². The van der Waals surface area contributed by atoms with E-state index in [0.29, 0.717) is 44.0 Å². The number of carbonyl (C=O) groups excluding carboxylic acids is 2. The molecule has 0 atom stereocenters. The smallest absolute Gasteiger partial charge is 0.273 e. The molecule has 1 aromatic carbocycles. The van der Waals surface area contributed by atoms with Crippen LogP contribution < -0.4 is 0 Å². The number of amides is 2. The van der Waals surface area contributed by atoms with Crippen molar-refractivity contribution >= 4 is 34.1 Å². The number of rotatable bonds is 4. The second-order valence-electron chi connectivity index (χ2n) is 10.0. The van der Waals surface area contributed by atoms with Gasteiger partial charge in [-0.15, -0.1) is 11.3 Å². The zero-order valence-corrected chi connectivity index (χ0v) is 21.2. The molecule has 8 nitrogen and oxygen atoms in total. The van der Waals surface area contributed by atoms with Crippen LogP contribution in [0, 0.1) is 0 Å². The second-order valence-corrected chi connectivity index (χ2v) is 10.9. The van der Waals surface area contributed by atoms with Crippen LogP contribution in [0.1, 0.15) is 59.1 Å². The maximum atomic E-state index is 13.1. The Hall–Kier alpha value is -2.75. The van der Waals surface area contributed by atoms with Crippen molar-refractivity contribution in [2.24, 2.45) is 0 Å². The Labute approximate surface area is 214 Å². The Morgan fingerprint density at radius 1 is 1.06 bits per heavy atom. The monoisotopic (exact) mass is 508 g/mol. The molecule has 3 aromatic rings. The van der Waals surface area contributed by atoms with E-state index in [-0.39, 0.29) is 11.8 Å². The molecule has 9 heteroatoms. The molecule has 0 bridgehead atoms. The van der Waals surface area contributed by atoms with Gasteiger partial charge in [0.15, 0.2) is 5.79 Å². The standard InChI is InChI=1S/C27H32N4O4S/c32-24(16-20-17-28-22-5-2-1-4-21(20)22)30-10-6-19(7-11-30)25-29-23(18-36-25)26(33)31-12-8-27(9-13-31)34-14-3-15-35-27/h1-2,4-5,17-19,28H,3,6-16H2. The largest absolute Gasteiger partial charge is 0.361 e. The number of aromatic amines is 1. The average molecular weight is 509 g/mol. The highest BCUT2D eigenvalue weighted by molar-refractivity contribution is 7.09. The third kappa shape index (κ3) is 4.67. The molecule has 0 aliphatic carbocycles. The zero-order valence-electron chi connectivity index (χ0n) is 20.4. The minimum atomic E-state index is -0.498. The van der Waals surface area contributed by atoms with Crippen molar-refractivity contribution in [3.05, 3.63) is 52.1 Å². The minimum absolute atomic E-state index is 0.00509. The molecule has 190 valence electrons. The Balaban J connectivity index is 1.02. The van der Waals surface area contributed by atoms with Gasteiger partial charge in [0.05, 0.1) is 24.6 Å². The molecule has 2 amide bonds. The van der Waals surface area contributed by atoms with E-state index >= 15 is 0 Å². The normalized spacial score (nSPS) is 20.8. The number of para-hydroxylation sites is 1. The summed E-state index contributed by atoms with van der Waals surface area (Å²) in [6.45, 7) is 4.17. The Kier molecular flexibility index (Phi) is 6.54. The van der Waals surface area contributed by atoms with E-state index < -0.39 is 5.79 Å². The molecule has 6 rings (SSSR count). The molecule has 0 unspecified atom stereocenters. The molecular formula is C27H32N4O4S. The van der Waals surface area contributed by atoms with Gasteiger partial charge in [0.2, 0.25) is 5.91 Å². The van der Waals surface area contributed by atoms with Gasteiger partial charge in [-0.05, 0) is 30.9 Å². The molecule has 5 heterocycles. The van der Waals surface area contributed by atoms with E-state index in [9.17, 15) is 9.59 Å². The fraction of sp³-hybridized carbons (Fsp3) is 0.519. The molecule has 3 aliphatic heterocycles. The molecule has 1 spiro atoms. The maximum absolute atomic E-state index is 13.1. The number of H-pyrrole nitrogens is 1. The van der Waals surface area contributed by atoms with E-state index in [0.717, 1.165) is 67.0 Å². The van der Waals surface area contributed by atoms with Gasteiger partial charge >= 0.3 is 0 Å². The molecule has 0 saturated carbocycles. The molecule has 0 radical (unpaired) electrons. The van der Waals surface area contributed by atoms with Crippen LogP contribution in [0.4, 0.5) is 0 Å². The number of nitrogens with zero attached hydrogens (tertiary/aromatic N) is 3. The van der Waals surface area contributed by atoms with Crippen molar-refractivity contribution in [3.63, 3.8) is 0 Å². The highest BCUT2D eigenvalue weighted by Gasteiger charge is 2.40. The number of carbonyl (C=O) groups is 2. The van der Waals surface area contributed by atoms with Crippen molar-refractivity contribution in [1.82, 2.24) is 19.8 Å². The number of likely N-dealkylation sites (tertiary alicyclic amines) is 2. The summed E-state index contributed by atoms with van der Waals surface area (Å²) < 4.78 is 11.8. The summed E-state index contributed by atoms with van der Waals surface area (Å²) >= 11 is 1.57. The van der Waals surface area contributed by atoms with Crippen LogP contribution in [0.15, 0.2) is 35.8 Å². The number of piperidine rings is 2. The van der Waals surface area contributed by atoms with Crippen LogP contribution in [0.2, 0.25) is 0 Å². The first-order chi connectivity index (χ1) is 17.6. The molecule has 3 saturated heterocycles. The van der Waals surface area contributed by atoms with Gasteiger partial charge in [0.25, 0.3) is 5.91 Å². The Morgan fingerprint density at radius 3 is 2.58 bits per heavy atom. The quantitative estimate of drug-likeness (QED) is 0.577. The van der Waals surface area contributed by atoms with Crippen LogP contribution in [0.5, 0.6) is 0 Å². The van der Waals surface area contributed by atoms with Gasteiger partial charge < -0.3 is 24.3 Å². The lowest BCUT2D eigenvalue weighted by molar-refractivity contribution is -0.281. The number of nitrogens with one attached hydrogen (secondary N) is 1.